The third-order valence-electron chi connectivity index (χ3n) is 4.99. The van der Waals surface area contributed by atoms with Gasteiger partial charge < -0.3 is 41.8 Å². The van der Waals surface area contributed by atoms with E-state index in [4.69, 9.17) is 31.4 Å². The normalized spacial score (nSPS) is 46.6. The summed E-state index contributed by atoms with van der Waals surface area (Å²) in [7, 11) is 3.39. The molecule has 1 heterocycles. The number of nitrogens with one attached hydrogen (secondary N) is 1. The molecular weight excluding hydrogens is 300 g/mol. The van der Waals surface area contributed by atoms with E-state index in [0.29, 0.717) is 6.42 Å². The van der Waals surface area contributed by atoms with Crippen LogP contribution in [0.25, 0.3) is 0 Å². The highest BCUT2D eigenvalue weighted by Gasteiger charge is 2.45. The Morgan fingerprint density at radius 3 is 2.52 bits per heavy atom. The topological polar surface area (TPSA) is 138 Å². The first kappa shape index (κ1) is 19.0. The van der Waals surface area contributed by atoms with Gasteiger partial charge in [0.25, 0.3) is 0 Å². The summed E-state index contributed by atoms with van der Waals surface area (Å²) in [6.07, 6.45) is -0.0776. The molecule has 1 saturated heterocycles. The zero-order chi connectivity index (χ0) is 17.1. The van der Waals surface area contributed by atoms with Crippen molar-refractivity contribution in [3.8, 4) is 0 Å². The van der Waals surface area contributed by atoms with Crippen LogP contribution < -0.4 is 22.5 Å². The summed E-state index contributed by atoms with van der Waals surface area (Å²) < 4.78 is 17.3. The van der Waals surface area contributed by atoms with Crippen LogP contribution in [0.1, 0.15) is 26.2 Å². The number of ether oxygens (including phenoxy) is 3. The number of likely N-dealkylation sites (N-methyl/N-ethyl adjacent to an activating group) is 1. The lowest BCUT2D eigenvalue weighted by molar-refractivity contribution is -0.253. The van der Waals surface area contributed by atoms with Crippen LogP contribution >= 0.6 is 0 Å². The summed E-state index contributed by atoms with van der Waals surface area (Å²) in [4.78, 5) is 0. The highest BCUT2D eigenvalue weighted by Crippen LogP contribution is 2.28. The van der Waals surface area contributed by atoms with E-state index in [9.17, 15) is 5.11 Å². The molecule has 2 rings (SSSR count). The van der Waals surface area contributed by atoms with Gasteiger partial charge in [-0.3, -0.25) is 0 Å². The van der Waals surface area contributed by atoms with Gasteiger partial charge in [-0.15, -0.1) is 0 Å². The molecule has 0 spiro atoms. The monoisotopic (exact) mass is 332 g/mol. The molecule has 0 radical (unpaired) electrons. The van der Waals surface area contributed by atoms with Crippen LogP contribution in [0.3, 0.4) is 0 Å². The lowest BCUT2D eigenvalue weighted by Crippen LogP contribution is -2.65. The summed E-state index contributed by atoms with van der Waals surface area (Å²) >= 11 is 0. The van der Waals surface area contributed by atoms with Crippen molar-refractivity contribution in [1.82, 2.24) is 5.32 Å². The van der Waals surface area contributed by atoms with Crippen LogP contribution in [0, 0.1) is 0 Å². The van der Waals surface area contributed by atoms with E-state index >= 15 is 0 Å². The molecule has 2 fully saturated rings. The minimum absolute atomic E-state index is 0.0939. The lowest BCUT2D eigenvalue weighted by atomic mass is 9.84. The number of hydrogen-bond donors (Lipinski definition) is 5. The number of aliphatic hydroxyl groups is 1. The summed E-state index contributed by atoms with van der Waals surface area (Å²) in [6, 6.07) is -0.959. The molecule has 0 aromatic heterocycles. The van der Waals surface area contributed by atoms with Gasteiger partial charge in [0, 0.05) is 19.2 Å². The molecule has 8 nitrogen and oxygen atoms in total. The van der Waals surface area contributed by atoms with Gasteiger partial charge >= 0.3 is 0 Å². The molecule has 2 aliphatic rings. The Balaban J connectivity index is 2.05. The molecule has 1 aliphatic heterocycles. The van der Waals surface area contributed by atoms with Gasteiger partial charge in [0.05, 0.1) is 30.4 Å². The standard InChI is InChI=1S/C15H32N4O4/c1-7(16)10-5-4-8(17)15(22-10)23-14-9(18)6-11(21-3)12(19-2)13(14)20/h7-15,19-20H,4-6,16-18H2,1-3H3/t7-,8+,9+,10+,11-,12+,13-,14-,15+/m0/s1. The van der Waals surface area contributed by atoms with Gasteiger partial charge in [-0.1, -0.05) is 0 Å². The van der Waals surface area contributed by atoms with E-state index in [-0.39, 0.29) is 36.4 Å². The Hall–Kier alpha value is -0.320. The first-order valence-corrected chi connectivity index (χ1v) is 8.34. The minimum atomic E-state index is -0.805. The van der Waals surface area contributed by atoms with Crippen LogP contribution in [-0.4, -0.2) is 74.1 Å². The van der Waals surface area contributed by atoms with E-state index in [0.717, 1.165) is 12.8 Å². The van der Waals surface area contributed by atoms with Crippen molar-refractivity contribution in [2.75, 3.05) is 14.2 Å². The van der Waals surface area contributed by atoms with Gasteiger partial charge in [0.15, 0.2) is 6.29 Å². The first-order chi connectivity index (χ1) is 10.9. The summed E-state index contributed by atoms with van der Waals surface area (Å²) in [5.74, 6) is 0. The van der Waals surface area contributed by atoms with Crippen LogP contribution in [0.15, 0.2) is 0 Å². The molecule has 1 aliphatic carbocycles. The second-order valence-corrected chi connectivity index (χ2v) is 6.72. The number of nitrogens with two attached hydrogens (primary N) is 3. The smallest absolute Gasteiger partial charge is 0.173 e. The SMILES string of the molecule is CN[C@H]1[C@H](O)[C@@H](O[C@H]2O[C@@H]([C@H](C)N)CC[C@H]2N)[C@H](N)C[C@@H]1OC. The molecule has 23 heavy (non-hydrogen) atoms. The van der Waals surface area contributed by atoms with Crippen molar-refractivity contribution in [3.05, 3.63) is 0 Å². The van der Waals surface area contributed by atoms with E-state index in [1.807, 2.05) is 6.92 Å². The largest absolute Gasteiger partial charge is 0.389 e. The lowest BCUT2D eigenvalue weighted by Gasteiger charge is -2.45. The Bertz CT molecular complexity index is 373. The fourth-order valence-electron chi connectivity index (χ4n) is 3.52. The van der Waals surface area contributed by atoms with E-state index in [1.54, 1.807) is 14.2 Å². The van der Waals surface area contributed by atoms with Crippen LogP contribution in [-0.2, 0) is 14.2 Å². The fraction of sp³-hybridized carbons (Fsp3) is 1.00. The number of hydrogen-bond acceptors (Lipinski definition) is 8. The predicted molar refractivity (Wildman–Crippen MR) is 86.6 cm³/mol. The molecule has 136 valence electrons. The summed E-state index contributed by atoms with van der Waals surface area (Å²) in [5, 5.41) is 13.7. The minimum Gasteiger partial charge on any atom is -0.389 e. The van der Waals surface area contributed by atoms with Gasteiger partial charge in [-0.25, -0.2) is 0 Å². The molecule has 0 unspecified atom stereocenters. The highest BCUT2D eigenvalue weighted by atomic mass is 16.7. The van der Waals surface area contributed by atoms with Crippen molar-refractivity contribution in [2.24, 2.45) is 17.2 Å². The van der Waals surface area contributed by atoms with E-state index in [2.05, 4.69) is 5.32 Å². The van der Waals surface area contributed by atoms with Gasteiger partial charge in [0.2, 0.25) is 0 Å². The zero-order valence-electron chi connectivity index (χ0n) is 14.2. The highest BCUT2D eigenvalue weighted by molar-refractivity contribution is 5.00. The Morgan fingerprint density at radius 1 is 1.26 bits per heavy atom. The summed E-state index contributed by atoms with van der Waals surface area (Å²) in [5.41, 5.74) is 18.2. The molecule has 9 atom stereocenters. The van der Waals surface area contributed by atoms with Crippen molar-refractivity contribution in [2.45, 2.75) is 81.1 Å². The molecule has 8 N–H and O–H groups in total. The average molecular weight is 332 g/mol. The number of methoxy groups -OCH3 is 1. The molecule has 1 saturated carbocycles. The third kappa shape index (κ3) is 4.21. The Labute approximate surface area is 138 Å². The van der Waals surface area contributed by atoms with E-state index in [1.165, 1.54) is 0 Å². The quantitative estimate of drug-likeness (QED) is 0.399. The zero-order valence-corrected chi connectivity index (χ0v) is 14.2. The Morgan fingerprint density at radius 2 is 1.96 bits per heavy atom. The number of aliphatic hydroxyl groups excluding tert-OH is 1. The van der Waals surface area contributed by atoms with Crippen molar-refractivity contribution < 1.29 is 19.3 Å². The van der Waals surface area contributed by atoms with Crippen LogP contribution in [0.4, 0.5) is 0 Å². The molecule has 0 amide bonds. The van der Waals surface area contributed by atoms with Gasteiger partial charge in [-0.2, -0.15) is 0 Å². The molecule has 0 aromatic carbocycles. The maximum atomic E-state index is 10.6. The van der Waals surface area contributed by atoms with Crippen LogP contribution in [0.2, 0.25) is 0 Å². The van der Waals surface area contributed by atoms with Gasteiger partial charge in [-0.05, 0) is 33.2 Å². The van der Waals surface area contributed by atoms with Crippen molar-refractivity contribution in [3.63, 3.8) is 0 Å². The first-order valence-electron chi connectivity index (χ1n) is 8.34. The third-order valence-corrected chi connectivity index (χ3v) is 4.99. The Kier molecular flexibility index (Phi) is 6.76. The van der Waals surface area contributed by atoms with Crippen molar-refractivity contribution >= 4 is 0 Å². The second-order valence-electron chi connectivity index (χ2n) is 6.72. The molecule has 8 heteroatoms. The van der Waals surface area contributed by atoms with Crippen molar-refractivity contribution in [1.29, 1.82) is 0 Å². The predicted octanol–water partition coefficient (Wildman–Crippen LogP) is -1.75. The average Bonchev–Trinajstić information content (AvgIpc) is 2.52. The maximum absolute atomic E-state index is 10.6. The maximum Gasteiger partial charge on any atom is 0.173 e. The van der Waals surface area contributed by atoms with Gasteiger partial charge in [0.1, 0.15) is 6.10 Å². The second kappa shape index (κ2) is 8.17. The summed E-state index contributed by atoms with van der Waals surface area (Å²) in [6.45, 7) is 1.90. The molecule has 0 aromatic rings. The molecule has 0 bridgehead atoms. The fourth-order valence-corrected chi connectivity index (χ4v) is 3.52. The van der Waals surface area contributed by atoms with Crippen LogP contribution in [0.5, 0.6) is 0 Å². The molecular formula is C15H32N4O4. The van der Waals surface area contributed by atoms with E-state index < -0.39 is 18.5 Å². The number of rotatable bonds is 5.